The van der Waals surface area contributed by atoms with Crippen LogP contribution in [-0.2, 0) is 74.5 Å². The van der Waals surface area contributed by atoms with Gasteiger partial charge in [0.1, 0.15) is 6.29 Å². The second-order valence-electron chi connectivity index (χ2n) is 24.8. The van der Waals surface area contributed by atoms with Crippen molar-refractivity contribution in [1.29, 1.82) is 0 Å². The Morgan fingerprint density at radius 3 is 1.12 bits per heavy atom. The molecular formula is C67H104O15. The standard InChI is InChI=1S/C34H54O8.C33H50O7/c35-24-26(36)22-29-28(18-17-27(40-32-12-4-7-19-37-32)16-15-25-10-2-1-3-11-25)30(41-33-13-5-8-20-38-33)23-31(29)42-34-14-6-9-21-39-34;34-20-19-28-27(18-17-26(38-31-12-4-7-21-35-31)16-15-25-10-2-1-3-11-25)29(39-32-13-5-8-22-36-32)24-30(28)40-33-14-6-9-23-37-33/h1-3,10-11,26-36H,4-9,12-24H2;1-3,10-11,20,26-33H,4-9,12-19,21-24H2/t26?,27-,28+,29+,30+,31-,32?,33?,34?;26-,27+,28+,29+,30-,31?,32?,33?/m00/s1. The Hall–Kier alpha value is -2.45. The molecule has 2 saturated carbocycles. The first-order valence-corrected chi connectivity index (χ1v) is 32.9. The van der Waals surface area contributed by atoms with E-state index in [1.54, 1.807) is 0 Å². The molecule has 6 aliphatic heterocycles. The summed E-state index contributed by atoms with van der Waals surface area (Å²) in [6.45, 7) is 4.25. The largest absolute Gasteiger partial charge is 0.394 e. The normalized spacial score (nSPS) is 33.9. The van der Waals surface area contributed by atoms with E-state index in [1.807, 2.05) is 0 Å². The number of aliphatic hydroxyl groups excluding tert-OH is 2. The molecule has 0 spiro atoms. The van der Waals surface area contributed by atoms with E-state index in [0.29, 0.717) is 12.8 Å². The Labute approximate surface area is 491 Å². The van der Waals surface area contributed by atoms with Crippen molar-refractivity contribution in [3.05, 3.63) is 71.8 Å². The summed E-state index contributed by atoms with van der Waals surface area (Å²) >= 11 is 0. The molecule has 2 aliphatic carbocycles. The number of carbonyl (C=O) groups is 1. The van der Waals surface area contributed by atoms with E-state index in [0.717, 1.165) is 226 Å². The average Bonchev–Trinajstić information content (AvgIpc) is 4.14. The number of rotatable bonds is 29. The summed E-state index contributed by atoms with van der Waals surface area (Å²) in [5.74, 6) is 0.518. The van der Waals surface area contributed by atoms with Crippen LogP contribution in [0.3, 0.4) is 0 Å². The van der Waals surface area contributed by atoms with Crippen LogP contribution in [0.5, 0.6) is 0 Å². The molecule has 82 heavy (non-hydrogen) atoms. The van der Waals surface area contributed by atoms with Gasteiger partial charge in [-0.25, -0.2) is 0 Å². The third kappa shape index (κ3) is 21.2. The van der Waals surface area contributed by atoms with E-state index < -0.39 is 6.10 Å². The van der Waals surface area contributed by atoms with Crippen LogP contribution in [0.2, 0.25) is 0 Å². The molecule has 6 saturated heterocycles. The van der Waals surface area contributed by atoms with Crippen molar-refractivity contribution in [2.24, 2.45) is 23.7 Å². The molecule has 8 aliphatic rings. The van der Waals surface area contributed by atoms with E-state index in [4.69, 9.17) is 56.8 Å². The Bertz CT molecular complexity index is 1970. The summed E-state index contributed by atoms with van der Waals surface area (Å²) in [6, 6.07) is 21.2. The molecule has 17 atom stereocenters. The number of ether oxygens (including phenoxy) is 12. The Kier molecular flexibility index (Phi) is 28.1. The quantitative estimate of drug-likeness (QED) is 0.0738. The predicted octanol–water partition coefficient (Wildman–Crippen LogP) is 11.9. The van der Waals surface area contributed by atoms with Crippen molar-refractivity contribution in [2.75, 3.05) is 46.2 Å². The fourth-order valence-corrected chi connectivity index (χ4v) is 14.2. The van der Waals surface area contributed by atoms with Crippen LogP contribution >= 0.6 is 0 Å². The van der Waals surface area contributed by atoms with E-state index in [2.05, 4.69) is 60.7 Å². The van der Waals surface area contributed by atoms with Crippen molar-refractivity contribution >= 4 is 6.29 Å². The predicted molar refractivity (Wildman–Crippen MR) is 310 cm³/mol. The van der Waals surface area contributed by atoms with Crippen molar-refractivity contribution in [3.63, 3.8) is 0 Å². The molecule has 15 heteroatoms. The number of aldehydes is 1. The number of aryl methyl sites for hydroxylation is 2. The van der Waals surface area contributed by atoms with E-state index in [1.165, 1.54) is 11.1 Å². The van der Waals surface area contributed by atoms with E-state index >= 15 is 0 Å². The Morgan fingerprint density at radius 1 is 0.439 bits per heavy atom. The van der Waals surface area contributed by atoms with Crippen LogP contribution in [0, 0.1) is 23.7 Å². The lowest BCUT2D eigenvalue weighted by Gasteiger charge is -2.33. The van der Waals surface area contributed by atoms with Crippen LogP contribution in [0.1, 0.15) is 191 Å². The monoisotopic (exact) mass is 1150 g/mol. The van der Waals surface area contributed by atoms with E-state index in [9.17, 15) is 15.0 Å². The average molecular weight is 1150 g/mol. The van der Waals surface area contributed by atoms with Gasteiger partial charge >= 0.3 is 0 Å². The molecule has 462 valence electrons. The van der Waals surface area contributed by atoms with Crippen molar-refractivity contribution in [1.82, 2.24) is 0 Å². The van der Waals surface area contributed by atoms with Crippen LogP contribution in [0.25, 0.3) is 0 Å². The topological polar surface area (TPSA) is 168 Å². The molecule has 2 N–H and O–H groups in total. The van der Waals surface area contributed by atoms with Gasteiger partial charge in [0.2, 0.25) is 0 Å². The molecule has 0 aromatic heterocycles. The highest BCUT2D eigenvalue weighted by Gasteiger charge is 2.48. The molecule has 15 nitrogen and oxygen atoms in total. The summed E-state index contributed by atoms with van der Waals surface area (Å²) in [5, 5.41) is 20.4. The summed E-state index contributed by atoms with van der Waals surface area (Å²) in [6.07, 6.45) is 28.0. The highest BCUT2D eigenvalue weighted by Crippen LogP contribution is 2.46. The van der Waals surface area contributed by atoms with E-state index in [-0.39, 0.29) is 105 Å². The van der Waals surface area contributed by atoms with Gasteiger partial charge in [-0.1, -0.05) is 60.7 Å². The second-order valence-corrected chi connectivity index (χ2v) is 24.8. The van der Waals surface area contributed by atoms with Crippen molar-refractivity contribution < 1.29 is 71.8 Å². The first-order chi connectivity index (χ1) is 40.5. The van der Waals surface area contributed by atoms with Gasteiger partial charge in [0.15, 0.2) is 37.7 Å². The summed E-state index contributed by atoms with van der Waals surface area (Å²) in [5.41, 5.74) is 2.65. The molecule has 0 amide bonds. The second kappa shape index (κ2) is 36.0. The molecule has 2 aromatic carbocycles. The number of aliphatic hydroxyl groups is 2. The smallest absolute Gasteiger partial charge is 0.157 e. The third-order valence-corrected chi connectivity index (χ3v) is 18.7. The minimum atomic E-state index is -0.790. The van der Waals surface area contributed by atoms with Gasteiger partial charge in [0.05, 0.1) is 49.3 Å². The Balaban J connectivity index is 0.000000198. The van der Waals surface area contributed by atoms with Gasteiger partial charge in [-0.15, -0.1) is 0 Å². The zero-order chi connectivity index (χ0) is 56.4. The zero-order valence-corrected chi connectivity index (χ0v) is 49.5. The number of carbonyl (C=O) groups excluding carboxylic acids is 1. The van der Waals surface area contributed by atoms with Gasteiger partial charge in [-0.2, -0.15) is 0 Å². The van der Waals surface area contributed by atoms with Crippen molar-refractivity contribution in [2.45, 2.75) is 273 Å². The zero-order valence-electron chi connectivity index (χ0n) is 49.5. The van der Waals surface area contributed by atoms with Gasteiger partial charge < -0.3 is 71.8 Å². The third-order valence-electron chi connectivity index (χ3n) is 18.7. The molecular weight excluding hydrogens is 1040 g/mol. The van der Waals surface area contributed by atoms with Crippen LogP contribution < -0.4 is 0 Å². The molecule has 0 radical (unpaired) electrons. The maximum Gasteiger partial charge on any atom is 0.157 e. The summed E-state index contributed by atoms with van der Waals surface area (Å²) in [7, 11) is 0. The highest BCUT2D eigenvalue weighted by molar-refractivity contribution is 5.50. The van der Waals surface area contributed by atoms with Gasteiger partial charge in [0, 0.05) is 58.9 Å². The first kappa shape index (κ1) is 64.0. The highest BCUT2D eigenvalue weighted by atomic mass is 16.7. The Morgan fingerprint density at radius 2 is 0.780 bits per heavy atom. The maximum atomic E-state index is 11.9. The fourth-order valence-electron chi connectivity index (χ4n) is 14.2. The number of benzene rings is 2. The molecule has 8 fully saturated rings. The maximum absolute atomic E-state index is 11.9. The van der Waals surface area contributed by atoms with Gasteiger partial charge in [0.25, 0.3) is 0 Å². The lowest BCUT2D eigenvalue weighted by Crippen LogP contribution is -2.35. The summed E-state index contributed by atoms with van der Waals surface area (Å²) < 4.78 is 75.5. The molecule has 6 heterocycles. The molecule has 2 aromatic rings. The lowest BCUT2D eigenvalue weighted by molar-refractivity contribution is -0.205. The minimum Gasteiger partial charge on any atom is -0.394 e. The van der Waals surface area contributed by atoms with Crippen LogP contribution in [0.15, 0.2) is 60.7 Å². The van der Waals surface area contributed by atoms with Crippen LogP contribution in [0.4, 0.5) is 0 Å². The van der Waals surface area contributed by atoms with Gasteiger partial charge in [-0.05, 0) is 208 Å². The lowest BCUT2D eigenvalue weighted by atomic mass is 9.84. The molecule has 0 bridgehead atoms. The first-order valence-electron chi connectivity index (χ1n) is 32.9. The SMILES string of the molecule is O=CC[C@@H]1[C@@H](CC[C@H](CCc2ccccc2)OC2CCCCO2)[C@H](OC2CCCCO2)C[C@@H]1OC1CCCCO1.OCC(O)C[C@@H]1[C@@H](CC[C@H](CCc2ccccc2)OC2CCCCO2)[C@H](OC2CCCCO2)C[C@@H]1OC1CCCCO1. The van der Waals surface area contributed by atoms with Gasteiger partial charge in [-0.3, -0.25) is 0 Å². The molecule has 7 unspecified atom stereocenters. The molecule has 10 rings (SSSR count). The number of hydrogen-bond acceptors (Lipinski definition) is 15. The van der Waals surface area contributed by atoms with Crippen LogP contribution in [-0.4, -0.2) is 143 Å². The minimum absolute atomic E-state index is 0.00217. The summed E-state index contributed by atoms with van der Waals surface area (Å²) in [4.78, 5) is 11.9. The fraction of sp³-hybridized carbons (Fsp3) is 0.806. The number of hydrogen-bond donors (Lipinski definition) is 2. The van der Waals surface area contributed by atoms with Crippen molar-refractivity contribution in [3.8, 4) is 0 Å².